The highest BCUT2D eigenvalue weighted by Gasteiger charge is 2.21. The van der Waals surface area contributed by atoms with E-state index in [4.69, 9.17) is 4.98 Å². The molecule has 0 spiro atoms. The molecule has 0 atom stereocenters. The lowest BCUT2D eigenvalue weighted by molar-refractivity contribution is 0.249. The Bertz CT molecular complexity index is 1250. The van der Waals surface area contributed by atoms with E-state index < -0.39 is 0 Å². The highest BCUT2D eigenvalue weighted by Crippen LogP contribution is 2.26. The monoisotopic (exact) mass is 456 g/mol. The molecule has 0 bridgehead atoms. The van der Waals surface area contributed by atoms with E-state index in [1.807, 2.05) is 41.3 Å². The highest BCUT2D eigenvalue weighted by molar-refractivity contribution is 5.69. The van der Waals surface area contributed by atoms with Gasteiger partial charge >= 0.3 is 0 Å². The molecule has 0 radical (unpaired) electrons. The third kappa shape index (κ3) is 4.59. The second kappa shape index (κ2) is 9.38. The average Bonchev–Trinajstić information content (AvgIpc) is 3.28. The van der Waals surface area contributed by atoms with Crippen LogP contribution in [0.3, 0.4) is 0 Å². The van der Waals surface area contributed by atoms with Gasteiger partial charge in [0.2, 0.25) is 5.95 Å². The molecular weight excluding hydrogens is 424 g/mol. The fraction of sp³-hybridized carbons (Fsp3) is 0.385. The van der Waals surface area contributed by atoms with Crippen LogP contribution in [0.4, 0.5) is 17.5 Å². The summed E-state index contributed by atoms with van der Waals surface area (Å²) >= 11 is 0. The average molecular weight is 457 g/mol. The molecular formula is C26H32N8. The fourth-order valence-corrected chi connectivity index (χ4v) is 4.59. The number of anilines is 3. The Labute approximate surface area is 200 Å². The van der Waals surface area contributed by atoms with Crippen LogP contribution < -0.4 is 10.2 Å². The van der Waals surface area contributed by atoms with Gasteiger partial charge in [0.15, 0.2) is 0 Å². The van der Waals surface area contributed by atoms with Crippen molar-refractivity contribution in [3.63, 3.8) is 0 Å². The quantitative estimate of drug-likeness (QED) is 0.455. The molecule has 34 heavy (non-hydrogen) atoms. The molecule has 176 valence electrons. The van der Waals surface area contributed by atoms with Gasteiger partial charge in [-0.2, -0.15) is 5.10 Å². The van der Waals surface area contributed by atoms with Crippen LogP contribution in [0.5, 0.6) is 0 Å². The number of nitrogens with zero attached hydrogens (tertiary/aromatic N) is 7. The van der Waals surface area contributed by atoms with Crippen LogP contribution in [0.15, 0.2) is 55.1 Å². The minimum atomic E-state index is 0.406. The number of hydrogen-bond acceptors (Lipinski definition) is 7. The van der Waals surface area contributed by atoms with E-state index in [0.717, 1.165) is 41.4 Å². The Morgan fingerprint density at radius 3 is 2.56 bits per heavy atom. The molecule has 5 heterocycles. The largest absolute Gasteiger partial charge is 0.370 e. The van der Waals surface area contributed by atoms with Gasteiger partial charge in [0.05, 0.1) is 29.3 Å². The predicted molar refractivity (Wildman–Crippen MR) is 137 cm³/mol. The summed E-state index contributed by atoms with van der Waals surface area (Å²) < 4.78 is 1.91. The number of rotatable bonds is 6. The molecule has 0 saturated carbocycles. The van der Waals surface area contributed by atoms with Gasteiger partial charge in [-0.25, -0.2) is 19.5 Å². The van der Waals surface area contributed by atoms with Gasteiger partial charge in [-0.05, 0) is 63.2 Å². The first-order valence-corrected chi connectivity index (χ1v) is 11.9. The summed E-state index contributed by atoms with van der Waals surface area (Å²) in [6.07, 6.45) is 9.99. The summed E-state index contributed by atoms with van der Waals surface area (Å²) in [6, 6.07) is 10.9. The molecule has 0 aromatic carbocycles. The number of aromatic nitrogens is 5. The van der Waals surface area contributed by atoms with Crippen molar-refractivity contribution in [2.24, 2.45) is 0 Å². The van der Waals surface area contributed by atoms with Gasteiger partial charge in [-0.15, -0.1) is 0 Å². The molecule has 4 aromatic rings. The number of pyridine rings is 2. The van der Waals surface area contributed by atoms with Crippen molar-refractivity contribution in [2.75, 3.05) is 37.4 Å². The van der Waals surface area contributed by atoms with E-state index in [9.17, 15) is 0 Å². The van der Waals surface area contributed by atoms with Crippen molar-refractivity contribution in [3.05, 3.63) is 60.7 Å². The Morgan fingerprint density at radius 1 is 1.03 bits per heavy atom. The first-order chi connectivity index (χ1) is 16.5. The summed E-state index contributed by atoms with van der Waals surface area (Å²) in [7, 11) is 4.33. The van der Waals surface area contributed by atoms with Gasteiger partial charge in [-0.1, -0.05) is 13.8 Å². The fourth-order valence-electron chi connectivity index (χ4n) is 4.59. The van der Waals surface area contributed by atoms with Gasteiger partial charge in [0.25, 0.3) is 0 Å². The summed E-state index contributed by atoms with van der Waals surface area (Å²) in [6.45, 7) is 6.48. The Balaban J connectivity index is 1.30. The Morgan fingerprint density at radius 2 is 1.85 bits per heavy atom. The van der Waals surface area contributed by atoms with Gasteiger partial charge in [-0.3, -0.25) is 0 Å². The van der Waals surface area contributed by atoms with Crippen LogP contribution in [0.2, 0.25) is 0 Å². The SMILES string of the molecule is CC(C)c1cnn2ccc(-c3ccnc(Nc4ccc(N5CCC(N(C)C)CC5)cn4)n3)cc12. The van der Waals surface area contributed by atoms with Crippen molar-refractivity contribution in [2.45, 2.75) is 38.6 Å². The molecule has 8 heteroatoms. The second-order valence-corrected chi connectivity index (χ2v) is 9.47. The van der Waals surface area contributed by atoms with Crippen LogP contribution in [-0.4, -0.2) is 62.7 Å². The first kappa shape index (κ1) is 22.3. The Kier molecular flexibility index (Phi) is 6.15. The third-order valence-corrected chi connectivity index (χ3v) is 6.67. The molecule has 0 unspecified atom stereocenters. The summed E-state index contributed by atoms with van der Waals surface area (Å²) in [5, 5.41) is 7.71. The minimum absolute atomic E-state index is 0.406. The van der Waals surface area contributed by atoms with Gasteiger partial charge in [0, 0.05) is 42.7 Å². The maximum atomic E-state index is 4.73. The maximum absolute atomic E-state index is 4.73. The minimum Gasteiger partial charge on any atom is -0.370 e. The van der Waals surface area contributed by atoms with E-state index in [2.05, 4.69) is 70.3 Å². The van der Waals surface area contributed by atoms with Crippen molar-refractivity contribution < 1.29 is 0 Å². The lowest BCUT2D eigenvalue weighted by Crippen LogP contribution is -2.42. The molecule has 1 saturated heterocycles. The van der Waals surface area contributed by atoms with Gasteiger partial charge < -0.3 is 15.1 Å². The second-order valence-electron chi connectivity index (χ2n) is 9.47. The Hall–Kier alpha value is -3.52. The molecule has 1 N–H and O–H groups in total. The van der Waals surface area contributed by atoms with E-state index in [1.165, 1.54) is 18.4 Å². The van der Waals surface area contributed by atoms with E-state index in [1.54, 1.807) is 6.20 Å². The van der Waals surface area contributed by atoms with E-state index >= 15 is 0 Å². The lowest BCUT2D eigenvalue weighted by atomic mass is 10.0. The number of piperidine rings is 1. The van der Waals surface area contributed by atoms with Crippen LogP contribution >= 0.6 is 0 Å². The molecule has 1 aliphatic heterocycles. The number of nitrogens with one attached hydrogen (secondary N) is 1. The molecule has 0 amide bonds. The van der Waals surface area contributed by atoms with Crippen LogP contribution in [0.1, 0.15) is 38.2 Å². The summed E-state index contributed by atoms with van der Waals surface area (Å²) in [5.74, 6) is 1.67. The third-order valence-electron chi connectivity index (χ3n) is 6.67. The topological polar surface area (TPSA) is 74.5 Å². The van der Waals surface area contributed by atoms with E-state index in [0.29, 0.717) is 17.9 Å². The molecule has 1 fully saturated rings. The zero-order chi connectivity index (χ0) is 23.7. The normalized spacial score (nSPS) is 14.9. The van der Waals surface area contributed by atoms with Crippen LogP contribution in [-0.2, 0) is 0 Å². The van der Waals surface area contributed by atoms with Crippen molar-refractivity contribution >= 4 is 23.0 Å². The van der Waals surface area contributed by atoms with Crippen molar-refractivity contribution in [3.8, 4) is 11.3 Å². The molecule has 1 aliphatic rings. The van der Waals surface area contributed by atoms with Crippen molar-refractivity contribution in [1.82, 2.24) is 29.5 Å². The molecule has 5 rings (SSSR count). The highest BCUT2D eigenvalue weighted by atomic mass is 15.2. The zero-order valence-corrected chi connectivity index (χ0v) is 20.3. The molecule has 4 aromatic heterocycles. The lowest BCUT2D eigenvalue weighted by Gasteiger charge is -2.36. The summed E-state index contributed by atoms with van der Waals surface area (Å²) in [5.41, 5.74) is 5.38. The van der Waals surface area contributed by atoms with Crippen LogP contribution in [0, 0.1) is 0 Å². The maximum Gasteiger partial charge on any atom is 0.228 e. The zero-order valence-electron chi connectivity index (χ0n) is 20.3. The molecule has 0 aliphatic carbocycles. The molecule has 8 nitrogen and oxygen atoms in total. The van der Waals surface area contributed by atoms with Gasteiger partial charge in [0.1, 0.15) is 5.82 Å². The number of fused-ring (bicyclic) bond motifs is 1. The van der Waals surface area contributed by atoms with Crippen LogP contribution in [0.25, 0.3) is 16.8 Å². The number of hydrogen-bond donors (Lipinski definition) is 1. The standard InChI is InChI=1S/C26H32N8/c1-18(2)22-17-29-34-14-8-19(15-24(22)34)23-7-11-27-26(30-23)31-25-6-5-21(16-28-25)33-12-9-20(10-13-33)32(3)4/h5-8,11,14-18,20H,9-10,12-13H2,1-4H3,(H,27,28,30,31). The predicted octanol–water partition coefficient (Wildman–Crippen LogP) is 4.58. The van der Waals surface area contributed by atoms with Crippen molar-refractivity contribution in [1.29, 1.82) is 0 Å². The summed E-state index contributed by atoms with van der Waals surface area (Å²) in [4.78, 5) is 18.5. The first-order valence-electron chi connectivity index (χ1n) is 11.9. The smallest absolute Gasteiger partial charge is 0.228 e. The van der Waals surface area contributed by atoms with E-state index in [-0.39, 0.29) is 0 Å².